The normalized spacial score (nSPS) is 22.9. The fourth-order valence-electron chi connectivity index (χ4n) is 3.55. The number of imidazole rings is 1. The Morgan fingerprint density at radius 1 is 1.25 bits per heavy atom. The fourth-order valence-corrected chi connectivity index (χ4v) is 3.55. The molecular formula is C15H24N4O. The van der Waals surface area contributed by atoms with Crippen molar-refractivity contribution in [2.45, 2.75) is 32.7 Å². The second-order valence-corrected chi connectivity index (χ2v) is 6.15. The van der Waals surface area contributed by atoms with Gasteiger partial charge >= 0.3 is 0 Å². The molecule has 1 amide bonds. The molecule has 2 aliphatic rings. The molecule has 0 N–H and O–H groups in total. The molecule has 0 bridgehead atoms. The number of amides is 1. The van der Waals surface area contributed by atoms with Gasteiger partial charge in [-0.2, -0.15) is 0 Å². The van der Waals surface area contributed by atoms with Crippen LogP contribution in [0.25, 0.3) is 0 Å². The zero-order chi connectivity index (χ0) is 14.2. The van der Waals surface area contributed by atoms with E-state index in [0.717, 1.165) is 57.8 Å². The lowest BCUT2D eigenvalue weighted by Crippen LogP contribution is -2.44. The molecule has 2 fully saturated rings. The molecule has 110 valence electrons. The van der Waals surface area contributed by atoms with Crippen LogP contribution in [0.2, 0.25) is 0 Å². The monoisotopic (exact) mass is 276 g/mol. The van der Waals surface area contributed by atoms with Crippen LogP contribution in [0.1, 0.15) is 32.0 Å². The molecule has 5 heteroatoms. The molecule has 0 radical (unpaired) electrons. The Kier molecular flexibility index (Phi) is 3.54. The maximum absolute atomic E-state index is 12.5. The first-order chi connectivity index (χ1) is 9.64. The molecule has 3 rings (SSSR count). The standard InChI is InChI=1S/C15H24N4O/c1-3-19-10-6-15(14(19)20)4-8-18(9-5-15)12-13-16-7-11-17(13)2/h7,11H,3-6,8-10,12H2,1-2H3. The number of aryl methyl sites for hydroxylation is 1. The van der Waals surface area contributed by atoms with Crippen LogP contribution in [0.5, 0.6) is 0 Å². The molecular weight excluding hydrogens is 252 g/mol. The highest BCUT2D eigenvalue weighted by atomic mass is 16.2. The van der Waals surface area contributed by atoms with Gasteiger partial charge in [-0.05, 0) is 39.3 Å². The van der Waals surface area contributed by atoms with Crippen LogP contribution >= 0.6 is 0 Å². The first kappa shape index (κ1) is 13.6. The molecule has 1 spiro atoms. The summed E-state index contributed by atoms with van der Waals surface area (Å²) < 4.78 is 2.07. The molecule has 20 heavy (non-hydrogen) atoms. The van der Waals surface area contributed by atoms with Gasteiger partial charge < -0.3 is 9.47 Å². The minimum Gasteiger partial charge on any atom is -0.342 e. The number of likely N-dealkylation sites (tertiary alicyclic amines) is 2. The predicted molar refractivity (Wildman–Crippen MR) is 77.0 cm³/mol. The summed E-state index contributed by atoms with van der Waals surface area (Å²) in [6, 6.07) is 0. The van der Waals surface area contributed by atoms with Crippen molar-refractivity contribution in [2.75, 3.05) is 26.2 Å². The summed E-state index contributed by atoms with van der Waals surface area (Å²) in [4.78, 5) is 21.3. The highest BCUT2D eigenvalue weighted by Gasteiger charge is 2.47. The molecule has 3 heterocycles. The van der Waals surface area contributed by atoms with Gasteiger partial charge in [0.15, 0.2) is 0 Å². The molecule has 1 aromatic heterocycles. The lowest BCUT2D eigenvalue weighted by atomic mass is 9.77. The second-order valence-electron chi connectivity index (χ2n) is 6.15. The van der Waals surface area contributed by atoms with Crippen LogP contribution in [0, 0.1) is 5.41 Å². The average Bonchev–Trinajstić information content (AvgIpc) is 2.99. The van der Waals surface area contributed by atoms with Crippen LogP contribution in [-0.2, 0) is 18.4 Å². The quantitative estimate of drug-likeness (QED) is 0.834. The van der Waals surface area contributed by atoms with Crippen molar-refractivity contribution in [3.63, 3.8) is 0 Å². The highest BCUT2D eigenvalue weighted by Crippen LogP contribution is 2.41. The topological polar surface area (TPSA) is 41.4 Å². The van der Waals surface area contributed by atoms with Crippen molar-refractivity contribution < 1.29 is 4.79 Å². The van der Waals surface area contributed by atoms with Crippen LogP contribution in [-0.4, -0.2) is 51.4 Å². The Morgan fingerprint density at radius 3 is 2.50 bits per heavy atom. The van der Waals surface area contributed by atoms with Crippen molar-refractivity contribution in [2.24, 2.45) is 12.5 Å². The molecule has 2 saturated heterocycles. The van der Waals surface area contributed by atoms with Crippen LogP contribution < -0.4 is 0 Å². The fraction of sp³-hybridized carbons (Fsp3) is 0.733. The van der Waals surface area contributed by atoms with Gasteiger partial charge in [-0.3, -0.25) is 9.69 Å². The van der Waals surface area contributed by atoms with E-state index in [9.17, 15) is 4.79 Å². The van der Waals surface area contributed by atoms with E-state index in [2.05, 4.69) is 21.4 Å². The zero-order valence-corrected chi connectivity index (χ0v) is 12.5. The van der Waals surface area contributed by atoms with Gasteiger partial charge in [0, 0.05) is 32.5 Å². The summed E-state index contributed by atoms with van der Waals surface area (Å²) >= 11 is 0. The smallest absolute Gasteiger partial charge is 0.228 e. The van der Waals surface area contributed by atoms with Crippen LogP contribution in [0.3, 0.4) is 0 Å². The number of nitrogens with zero attached hydrogens (tertiary/aromatic N) is 4. The number of rotatable bonds is 3. The van der Waals surface area contributed by atoms with Gasteiger partial charge in [0.1, 0.15) is 5.82 Å². The Morgan fingerprint density at radius 2 is 1.95 bits per heavy atom. The van der Waals surface area contributed by atoms with Crippen molar-refractivity contribution in [3.8, 4) is 0 Å². The summed E-state index contributed by atoms with van der Waals surface area (Å²) in [6.07, 6.45) is 6.90. The zero-order valence-electron chi connectivity index (χ0n) is 12.5. The maximum Gasteiger partial charge on any atom is 0.228 e. The summed E-state index contributed by atoms with van der Waals surface area (Å²) in [5, 5.41) is 0. The molecule has 1 aromatic rings. The first-order valence-electron chi connectivity index (χ1n) is 7.62. The van der Waals surface area contributed by atoms with Crippen molar-refractivity contribution in [1.29, 1.82) is 0 Å². The predicted octanol–water partition coefficient (Wildman–Crippen LogP) is 1.25. The molecule has 5 nitrogen and oxygen atoms in total. The molecule has 2 aliphatic heterocycles. The summed E-state index contributed by atoms with van der Waals surface area (Å²) in [6.45, 7) is 6.80. The van der Waals surface area contributed by atoms with Gasteiger partial charge in [0.05, 0.1) is 12.0 Å². The third-order valence-electron chi connectivity index (χ3n) is 5.08. The Bertz CT molecular complexity index is 488. The van der Waals surface area contributed by atoms with Crippen molar-refractivity contribution in [3.05, 3.63) is 18.2 Å². The van der Waals surface area contributed by atoms with E-state index in [0.29, 0.717) is 5.91 Å². The number of piperidine rings is 1. The first-order valence-corrected chi connectivity index (χ1v) is 7.62. The number of carbonyl (C=O) groups excluding carboxylic acids is 1. The van der Waals surface area contributed by atoms with Gasteiger partial charge in [-0.15, -0.1) is 0 Å². The summed E-state index contributed by atoms with van der Waals surface area (Å²) in [5.41, 5.74) is -0.0475. The molecule has 0 atom stereocenters. The SMILES string of the molecule is CCN1CCC2(CCN(Cc3nccn3C)CC2)C1=O. The van der Waals surface area contributed by atoms with Gasteiger partial charge in [-0.25, -0.2) is 4.98 Å². The van der Waals surface area contributed by atoms with E-state index in [1.807, 2.05) is 24.3 Å². The third-order valence-corrected chi connectivity index (χ3v) is 5.08. The summed E-state index contributed by atoms with van der Waals surface area (Å²) in [5.74, 6) is 1.51. The second kappa shape index (κ2) is 5.20. The number of hydrogen-bond acceptors (Lipinski definition) is 3. The Labute approximate surface area is 120 Å². The van der Waals surface area contributed by atoms with Crippen LogP contribution in [0.15, 0.2) is 12.4 Å². The molecule has 0 unspecified atom stereocenters. The van der Waals surface area contributed by atoms with E-state index < -0.39 is 0 Å². The van der Waals surface area contributed by atoms with E-state index in [1.54, 1.807) is 0 Å². The molecule has 0 aliphatic carbocycles. The van der Waals surface area contributed by atoms with Gasteiger partial charge in [0.2, 0.25) is 5.91 Å². The minimum atomic E-state index is -0.0475. The number of carbonyl (C=O) groups is 1. The maximum atomic E-state index is 12.5. The lowest BCUT2D eigenvalue weighted by molar-refractivity contribution is -0.138. The Balaban J connectivity index is 1.60. The summed E-state index contributed by atoms with van der Waals surface area (Å²) in [7, 11) is 2.04. The number of aromatic nitrogens is 2. The largest absolute Gasteiger partial charge is 0.342 e. The van der Waals surface area contributed by atoms with Gasteiger partial charge in [0.25, 0.3) is 0 Å². The minimum absolute atomic E-state index is 0.0475. The van der Waals surface area contributed by atoms with E-state index in [-0.39, 0.29) is 5.41 Å². The van der Waals surface area contributed by atoms with Gasteiger partial charge in [-0.1, -0.05) is 0 Å². The third kappa shape index (κ3) is 2.24. The van der Waals surface area contributed by atoms with Crippen molar-refractivity contribution >= 4 is 5.91 Å². The Hall–Kier alpha value is -1.36. The van der Waals surface area contributed by atoms with Crippen LogP contribution in [0.4, 0.5) is 0 Å². The van der Waals surface area contributed by atoms with Crippen molar-refractivity contribution in [1.82, 2.24) is 19.4 Å². The lowest BCUT2D eigenvalue weighted by Gasteiger charge is -2.37. The van der Waals surface area contributed by atoms with E-state index in [1.165, 1.54) is 0 Å². The average molecular weight is 276 g/mol. The highest BCUT2D eigenvalue weighted by molar-refractivity contribution is 5.85. The van der Waals surface area contributed by atoms with E-state index >= 15 is 0 Å². The molecule has 0 saturated carbocycles. The molecule has 0 aromatic carbocycles. The number of hydrogen-bond donors (Lipinski definition) is 0. The van der Waals surface area contributed by atoms with E-state index in [4.69, 9.17) is 0 Å².